The smallest absolute Gasteiger partial charge is 0.326 e. The van der Waals surface area contributed by atoms with Crippen molar-refractivity contribution in [3.63, 3.8) is 0 Å². The molecule has 0 fully saturated rings. The van der Waals surface area contributed by atoms with Crippen molar-refractivity contribution in [2.24, 2.45) is 0 Å². The van der Waals surface area contributed by atoms with Gasteiger partial charge in [0.25, 0.3) is 11.5 Å². The van der Waals surface area contributed by atoms with Crippen LogP contribution in [0.1, 0.15) is 17.4 Å². The Balaban J connectivity index is 2.03. The third kappa shape index (κ3) is 4.54. The van der Waals surface area contributed by atoms with E-state index in [0.29, 0.717) is 16.5 Å². The molecule has 2 rings (SSSR count). The lowest BCUT2D eigenvalue weighted by molar-refractivity contribution is 0.0922. The van der Waals surface area contributed by atoms with E-state index >= 15 is 0 Å². The molecule has 10 heteroatoms. The number of rotatable bonds is 6. The maximum absolute atomic E-state index is 12.1. The van der Waals surface area contributed by atoms with E-state index < -0.39 is 23.2 Å². The summed E-state index contributed by atoms with van der Waals surface area (Å²) >= 11 is 6.03. The molecule has 1 heterocycles. The molecule has 1 aromatic carbocycles. The third-order valence-corrected chi connectivity index (χ3v) is 3.52. The van der Waals surface area contributed by atoms with Crippen LogP contribution in [-0.4, -0.2) is 35.6 Å². The van der Waals surface area contributed by atoms with Crippen LogP contribution in [0.25, 0.3) is 0 Å². The van der Waals surface area contributed by atoms with Gasteiger partial charge in [0.2, 0.25) is 0 Å². The number of hydrogen-bond acceptors (Lipinski definition) is 6. The van der Waals surface area contributed by atoms with E-state index in [9.17, 15) is 14.4 Å². The van der Waals surface area contributed by atoms with Crippen LogP contribution in [0.2, 0.25) is 5.02 Å². The predicted octanol–water partition coefficient (Wildman–Crippen LogP) is 0.505. The molecular formula is C15H17ClN4O5. The van der Waals surface area contributed by atoms with Crippen molar-refractivity contribution < 1.29 is 14.3 Å². The molecule has 2 aromatic rings. The van der Waals surface area contributed by atoms with Gasteiger partial charge in [-0.15, -0.1) is 0 Å². The molecule has 0 aliphatic rings. The van der Waals surface area contributed by atoms with E-state index in [0.717, 1.165) is 0 Å². The molecule has 0 saturated carbocycles. The van der Waals surface area contributed by atoms with Gasteiger partial charge in [-0.3, -0.25) is 14.6 Å². The second kappa shape index (κ2) is 7.75. The number of benzene rings is 1. The number of halogens is 1. The van der Waals surface area contributed by atoms with Gasteiger partial charge < -0.3 is 25.5 Å². The minimum atomic E-state index is -0.832. The van der Waals surface area contributed by atoms with Crippen LogP contribution in [0, 0.1) is 0 Å². The normalized spacial score (nSPS) is 11.6. The zero-order chi connectivity index (χ0) is 18.6. The summed E-state index contributed by atoms with van der Waals surface area (Å²) in [4.78, 5) is 39.0. The largest absolute Gasteiger partial charge is 0.497 e. The van der Waals surface area contributed by atoms with Gasteiger partial charge in [0.15, 0.2) is 0 Å². The van der Waals surface area contributed by atoms with Crippen LogP contribution >= 0.6 is 11.6 Å². The third-order valence-electron chi connectivity index (χ3n) is 3.21. The molecule has 0 radical (unpaired) electrons. The summed E-state index contributed by atoms with van der Waals surface area (Å²) in [6, 6.07) is 4.47. The van der Waals surface area contributed by atoms with E-state index in [1.807, 2.05) is 4.98 Å². The number of nitrogens with two attached hydrogens (primary N) is 1. The Morgan fingerprint density at radius 1 is 1.36 bits per heavy atom. The second-order valence-corrected chi connectivity index (χ2v) is 5.59. The number of amides is 1. The van der Waals surface area contributed by atoms with Crippen LogP contribution in [-0.2, 0) is 0 Å². The van der Waals surface area contributed by atoms with Gasteiger partial charge in [0, 0.05) is 6.07 Å². The summed E-state index contributed by atoms with van der Waals surface area (Å²) in [6.45, 7) is 1.76. The van der Waals surface area contributed by atoms with Crippen molar-refractivity contribution in [2.75, 3.05) is 19.5 Å². The molecule has 25 heavy (non-hydrogen) atoms. The number of carbonyl (C=O) groups is 1. The number of methoxy groups -OCH3 is 1. The van der Waals surface area contributed by atoms with Crippen LogP contribution in [0.4, 0.5) is 5.69 Å². The maximum atomic E-state index is 12.1. The Labute approximate surface area is 147 Å². The summed E-state index contributed by atoms with van der Waals surface area (Å²) < 4.78 is 10.6. The first-order valence-corrected chi connectivity index (χ1v) is 7.59. The van der Waals surface area contributed by atoms with E-state index in [-0.39, 0.29) is 18.0 Å². The topological polar surface area (TPSA) is 139 Å². The van der Waals surface area contributed by atoms with Gasteiger partial charge in [-0.1, -0.05) is 11.6 Å². The van der Waals surface area contributed by atoms with Crippen molar-refractivity contribution in [1.29, 1.82) is 0 Å². The van der Waals surface area contributed by atoms with Gasteiger partial charge in [-0.25, -0.2) is 4.79 Å². The lowest BCUT2D eigenvalue weighted by Gasteiger charge is -2.16. The molecule has 1 amide bonds. The lowest BCUT2D eigenvalue weighted by Crippen LogP contribution is -2.40. The maximum Gasteiger partial charge on any atom is 0.326 e. The number of carbonyl (C=O) groups excluding carboxylic acids is 1. The molecule has 1 unspecified atom stereocenters. The molecule has 0 saturated heterocycles. The first-order valence-electron chi connectivity index (χ1n) is 7.21. The molecule has 134 valence electrons. The van der Waals surface area contributed by atoms with Gasteiger partial charge in [0.05, 0.1) is 18.2 Å². The van der Waals surface area contributed by atoms with Crippen molar-refractivity contribution in [3.8, 4) is 11.5 Å². The Morgan fingerprint density at radius 2 is 2.08 bits per heavy atom. The fraction of sp³-hybridized carbons (Fsp3) is 0.267. The van der Waals surface area contributed by atoms with Gasteiger partial charge >= 0.3 is 5.69 Å². The number of nitrogen functional groups attached to an aromatic ring is 1. The van der Waals surface area contributed by atoms with Gasteiger partial charge in [-0.2, -0.15) is 0 Å². The highest BCUT2D eigenvalue weighted by Gasteiger charge is 2.17. The quantitative estimate of drug-likeness (QED) is 0.585. The van der Waals surface area contributed by atoms with Crippen molar-refractivity contribution in [3.05, 3.63) is 49.8 Å². The van der Waals surface area contributed by atoms with E-state index in [4.69, 9.17) is 26.8 Å². The standard InChI is InChI=1S/C15H17ClN4O5/c1-7(6-25-10-5-8(24-2)3-4-9(10)16)18-14(22)12-11(17)13(21)20-15(23)19-12/h3-5,7H,6,17H2,1-2H3,(H,18,22)(H2,19,20,21,23). The van der Waals surface area contributed by atoms with Gasteiger partial charge in [0.1, 0.15) is 29.5 Å². The van der Waals surface area contributed by atoms with E-state index in [1.54, 1.807) is 25.1 Å². The summed E-state index contributed by atoms with van der Waals surface area (Å²) in [6.07, 6.45) is 0. The van der Waals surface area contributed by atoms with Gasteiger partial charge in [-0.05, 0) is 19.1 Å². The Bertz CT molecular complexity index is 892. The molecule has 1 atom stereocenters. The summed E-state index contributed by atoms with van der Waals surface area (Å²) in [5, 5.41) is 2.96. The highest BCUT2D eigenvalue weighted by molar-refractivity contribution is 6.32. The molecule has 1 aromatic heterocycles. The first kappa shape index (κ1) is 18.4. The fourth-order valence-electron chi connectivity index (χ4n) is 1.95. The number of nitrogens with one attached hydrogen (secondary N) is 3. The number of aromatic amines is 2. The van der Waals surface area contributed by atoms with Crippen molar-refractivity contribution in [2.45, 2.75) is 13.0 Å². The number of ether oxygens (including phenoxy) is 2. The van der Waals surface area contributed by atoms with Crippen LogP contribution in [0.15, 0.2) is 27.8 Å². The average Bonchev–Trinajstić information content (AvgIpc) is 2.57. The highest BCUT2D eigenvalue weighted by atomic mass is 35.5. The second-order valence-electron chi connectivity index (χ2n) is 5.18. The first-order chi connectivity index (χ1) is 11.8. The number of anilines is 1. The Kier molecular flexibility index (Phi) is 5.71. The van der Waals surface area contributed by atoms with Crippen molar-refractivity contribution in [1.82, 2.24) is 15.3 Å². The minimum absolute atomic E-state index is 0.0892. The van der Waals surface area contributed by atoms with Crippen LogP contribution in [0.5, 0.6) is 11.5 Å². The summed E-state index contributed by atoms with van der Waals surface area (Å²) in [5.41, 5.74) is 3.17. The molecular weight excluding hydrogens is 352 g/mol. The van der Waals surface area contributed by atoms with Crippen LogP contribution < -0.4 is 31.8 Å². The molecule has 9 nitrogen and oxygen atoms in total. The fourth-order valence-corrected chi connectivity index (χ4v) is 2.12. The van der Waals surface area contributed by atoms with E-state index in [1.165, 1.54) is 7.11 Å². The number of hydrogen-bond donors (Lipinski definition) is 4. The Morgan fingerprint density at radius 3 is 2.76 bits per heavy atom. The highest BCUT2D eigenvalue weighted by Crippen LogP contribution is 2.28. The SMILES string of the molecule is COc1ccc(Cl)c(OCC(C)NC(=O)c2[nH]c(=O)[nH]c(=O)c2N)c1. The molecule has 5 N–H and O–H groups in total. The monoisotopic (exact) mass is 368 g/mol. The summed E-state index contributed by atoms with van der Waals surface area (Å²) in [5.74, 6) is 0.268. The lowest BCUT2D eigenvalue weighted by atomic mass is 10.3. The number of H-pyrrole nitrogens is 2. The molecule has 0 aliphatic carbocycles. The summed E-state index contributed by atoms with van der Waals surface area (Å²) in [7, 11) is 1.52. The molecule has 0 bridgehead atoms. The van der Waals surface area contributed by atoms with E-state index in [2.05, 4.69) is 10.3 Å². The molecule has 0 spiro atoms. The number of aromatic nitrogens is 2. The molecule has 0 aliphatic heterocycles. The van der Waals surface area contributed by atoms with Crippen molar-refractivity contribution >= 4 is 23.2 Å². The Hall–Kier alpha value is -2.94. The van der Waals surface area contributed by atoms with Crippen LogP contribution in [0.3, 0.4) is 0 Å². The minimum Gasteiger partial charge on any atom is -0.497 e. The zero-order valence-electron chi connectivity index (χ0n) is 13.5. The predicted molar refractivity (Wildman–Crippen MR) is 92.5 cm³/mol. The zero-order valence-corrected chi connectivity index (χ0v) is 14.3. The average molecular weight is 369 g/mol.